The number of nitrogens with zero attached hydrogens (tertiary/aromatic N) is 8. The van der Waals surface area contributed by atoms with Gasteiger partial charge < -0.3 is 28.6 Å². The minimum atomic E-state index is -0.424. The molecule has 57 heavy (non-hydrogen) atoms. The average Bonchev–Trinajstić information content (AvgIpc) is 4.09. The van der Waals surface area contributed by atoms with Gasteiger partial charge in [-0.05, 0) is 70.8 Å². The van der Waals surface area contributed by atoms with Gasteiger partial charge in [-0.3, -0.25) is 0 Å². The molecule has 1 radical (unpaired) electrons. The number of methoxy groups -OCH3 is 2. The van der Waals surface area contributed by atoms with Crippen molar-refractivity contribution in [2.45, 2.75) is 0 Å². The van der Waals surface area contributed by atoms with Crippen molar-refractivity contribution in [3.63, 3.8) is 0 Å². The van der Waals surface area contributed by atoms with E-state index in [4.69, 9.17) is 39.4 Å². The molecule has 8 bridgehead atoms. The number of hydrogen-bond acceptors (Lipinski definition) is 8. The maximum atomic E-state index is 12.4. The van der Waals surface area contributed by atoms with E-state index in [0.717, 1.165) is 33.4 Å². The van der Waals surface area contributed by atoms with Crippen LogP contribution in [0.25, 0.3) is 91.4 Å². The number of carbonyl (C=O) groups excluding carboxylic acids is 2. The quantitative estimate of drug-likeness (QED) is 0.122. The fourth-order valence-electron chi connectivity index (χ4n) is 7.13. The van der Waals surface area contributed by atoms with Gasteiger partial charge in [0.1, 0.15) is 11.6 Å². The van der Waals surface area contributed by atoms with Crippen molar-refractivity contribution >= 4 is 58.3 Å². The van der Waals surface area contributed by atoms with E-state index in [-0.39, 0.29) is 17.1 Å². The topological polar surface area (TPSA) is 142 Å². The van der Waals surface area contributed by atoms with Crippen molar-refractivity contribution in [2.24, 2.45) is 14.1 Å². The summed E-state index contributed by atoms with van der Waals surface area (Å²) in [4.78, 5) is 55.1. The standard InChI is InChI=1S/C44H33N8O4.Mn/c1-51-23-21-45-41(51)39-33-17-13-29(47-33)37(25-5-9-27(10-6-25)43(53)55-3)31-15-19-35(49-31)40(42-46-22-24-52(42)2)36-20-16-32(50-36)38(30-14-18-34(39)48-30)26-7-11-28(12-8-26)44(54)56-4;/h5-24H,1-4H3,(H-,45,46,47,48,49,50,53,54);/q-1;+2/p-1. The number of carbonyl (C=O) groups is 2. The molecule has 7 aromatic rings. The SMILES string of the molecule is COC(=O)c1ccc(-c2c3nc(c(-c4nccn4C)c4ccc([n-]4)c(-c4ccc(C(=O)OC)cc4)c4nc(c(-c5nccn5C)c5ccc2[n-]5)C=C4)C=C3)cc1.[Mn+2]. The summed E-state index contributed by atoms with van der Waals surface area (Å²) in [5.41, 5.74) is 10.8. The summed E-state index contributed by atoms with van der Waals surface area (Å²) in [6.07, 6.45) is 15.1. The Hall–Kier alpha value is -7.08. The van der Waals surface area contributed by atoms with Gasteiger partial charge in [-0.25, -0.2) is 29.5 Å². The van der Waals surface area contributed by atoms with Crippen LogP contribution in [0.5, 0.6) is 0 Å². The first-order chi connectivity index (χ1) is 27.3. The van der Waals surface area contributed by atoms with Gasteiger partial charge in [0.15, 0.2) is 0 Å². The molecule has 0 spiro atoms. The zero-order valence-corrected chi connectivity index (χ0v) is 32.3. The number of aromatic nitrogens is 8. The first-order valence-corrected chi connectivity index (χ1v) is 17.7. The van der Waals surface area contributed by atoms with E-state index in [1.54, 1.807) is 36.7 Å². The normalized spacial score (nSPS) is 11.7. The van der Waals surface area contributed by atoms with Gasteiger partial charge in [-0.2, -0.15) is 0 Å². The molecule has 2 aliphatic heterocycles. The Balaban J connectivity index is 0.00000455. The van der Waals surface area contributed by atoms with Crippen molar-refractivity contribution in [3.8, 4) is 45.0 Å². The number of benzene rings is 2. The molecule has 12 nitrogen and oxygen atoms in total. The summed E-state index contributed by atoms with van der Waals surface area (Å²) in [5, 5.41) is 0. The molecule has 0 saturated heterocycles. The number of imidazole rings is 2. The van der Waals surface area contributed by atoms with Gasteiger partial charge in [0, 0.05) is 50.0 Å². The van der Waals surface area contributed by atoms with Crippen LogP contribution in [0.1, 0.15) is 43.5 Å². The number of ether oxygens (including phenoxy) is 2. The molecule has 279 valence electrons. The number of rotatable bonds is 6. The molecule has 0 unspecified atom stereocenters. The molecule has 5 aromatic heterocycles. The first-order valence-electron chi connectivity index (χ1n) is 17.7. The van der Waals surface area contributed by atoms with Crippen molar-refractivity contribution in [2.75, 3.05) is 14.2 Å². The van der Waals surface area contributed by atoms with Gasteiger partial charge in [0.05, 0.1) is 48.1 Å². The molecule has 0 amide bonds. The van der Waals surface area contributed by atoms with Crippen LogP contribution in [-0.2, 0) is 40.6 Å². The molecular weight excluding hydrogens is 759 g/mol. The van der Waals surface area contributed by atoms with E-state index >= 15 is 0 Å². The van der Waals surface area contributed by atoms with Gasteiger partial charge >= 0.3 is 29.0 Å². The summed E-state index contributed by atoms with van der Waals surface area (Å²) in [5.74, 6) is 0.523. The van der Waals surface area contributed by atoms with Crippen molar-refractivity contribution < 1.29 is 36.1 Å². The second-order valence-corrected chi connectivity index (χ2v) is 13.2. The Bertz CT molecular complexity index is 2750. The van der Waals surface area contributed by atoms with E-state index in [0.29, 0.717) is 67.6 Å². The molecule has 13 heteroatoms. The van der Waals surface area contributed by atoms with Crippen LogP contribution in [0.4, 0.5) is 0 Å². The monoisotopic (exact) mass is 791 g/mol. The Morgan fingerprint density at radius 3 is 1.16 bits per heavy atom. The van der Waals surface area contributed by atoms with Crippen LogP contribution in [0.2, 0.25) is 0 Å². The summed E-state index contributed by atoms with van der Waals surface area (Å²) in [6, 6.07) is 22.3. The largest absolute Gasteiger partial charge is 2.00 e. The van der Waals surface area contributed by atoms with Crippen LogP contribution in [0.15, 0.2) is 97.6 Å². The Labute approximate surface area is 337 Å². The summed E-state index contributed by atoms with van der Waals surface area (Å²) >= 11 is 0. The molecule has 9 rings (SSSR count). The van der Waals surface area contributed by atoms with E-state index in [1.807, 2.05) is 108 Å². The average molecular weight is 792 g/mol. The Morgan fingerprint density at radius 1 is 0.509 bits per heavy atom. The molecule has 0 fully saturated rings. The van der Waals surface area contributed by atoms with Crippen molar-refractivity contribution in [1.82, 2.24) is 39.0 Å². The summed E-state index contributed by atoms with van der Waals surface area (Å²) in [7, 11) is 6.59. The van der Waals surface area contributed by atoms with Gasteiger partial charge in [0.25, 0.3) is 0 Å². The van der Waals surface area contributed by atoms with Gasteiger partial charge in [-0.15, -0.1) is 22.1 Å². The predicted octanol–water partition coefficient (Wildman–Crippen LogP) is 7.62. The van der Waals surface area contributed by atoms with Gasteiger partial charge in [-0.1, -0.05) is 48.5 Å². The minimum Gasteiger partial charge on any atom is -0.657 e. The third kappa shape index (κ3) is 6.48. The van der Waals surface area contributed by atoms with Crippen molar-refractivity contribution in [1.29, 1.82) is 0 Å². The number of esters is 2. The molecular formula is C44H32MnN8O4. The van der Waals surface area contributed by atoms with Crippen LogP contribution < -0.4 is 9.97 Å². The number of fused-ring (bicyclic) bond motifs is 8. The molecule has 7 heterocycles. The molecule has 2 aromatic carbocycles. The molecule has 0 aliphatic carbocycles. The second kappa shape index (κ2) is 14.9. The smallest absolute Gasteiger partial charge is 0.657 e. The summed E-state index contributed by atoms with van der Waals surface area (Å²) in [6.45, 7) is 0. The van der Waals surface area contributed by atoms with Crippen molar-refractivity contribution in [3.05, 3.63) is 131 Å². The van der Waals surface area contributed by atoms with E-state index in [1.165, 1.54) is 14.2 Å². The number of hydrogen-bond donors (Lipinski definition) is 0. The maximum Gasteiger partial charge on any atom is 2.00 e. The minimum absolute atomic E-state index is 0. The second-order valence-electron chi connectivity index (χ2n) is 13.2. The van der Waals surface area contributed by atoms with E-state index in [9.17, 15) is 9.59 Å². The van der Waals surface area contributed by atoms with Crippen LogP contribution in [0.3, 0.4) is 0 Å². The van der Waals surface area contributed by atoms with Crippen LogP contribution in [0, 0.1) is 0 Å². The van der Waals surface area contributed by atoms with Gasteiger partial charge in [0.2, 0.25) is 0 Å². The zero-order chi connectivity index (χ0) is 38.5. The van der Waals surface area contributed by atoms with Crippen LogP contribution in [-0.4, -0.2) is 55.2 Å². The van der Waals surface area contributed by atoms with Crippen LogP contribution >= 0.6 is 0 Å². The molecule has 2 aliphatic rings. The summed E-state index contributed by atoms with van der Waals surface area (Å²) < 4.78 is 13.8. The maximum absolute atomic E-state index is 12.4. The fraction of sp³-hybridized carbons (Fsp3) is 0.0909. The molecule has 0 atom stereocenters. The molecule has 0 N–H and O–H groups in total. The molecule has 0 saturated carbocycles. The zero-order valence-electron chi connectivity index (χ0n) is 31.1. The van der Waals surface area contributed by atoms with E-state index < -0.39 is 11.9 Å². The third-order valence-electron chi connectivity index (χ3n) is 9.89. The Morgan fingerprint density at radius 2 is 0.842 bits per heavy atom. The predicted molar refractivity (Wildman–Crippen MR) is 215 cm³/mol. The fourth-order valence-corrected chi connectivity index (χ4v) is 7.13. The number of aryl methyl sites for hydroxylation is 2. The first kappa shape index (κ1) is 36.9. The van der Waals surface area contributed by atoms with E-state index in [2.05, 4.69) is 0 Å². The third-order valence-corrected chi connectivity index (χ3v) is 9.89. The Kier molecular flexibility index (Phi) is 9.62.